The summed E-state index contributed by atoms with van der Waals surface area (Å²) >= 11 is 7.04. The van der Waals surface area contributed by atoms with Gasteiger partial charge in [-0.25, -0.2) is 0 Å². The van der Waals surface area contributed by atoms with Crippen LogP contribution in [0.4, 0.5) is 0 Å². The highest BCUT2D eigenvalue weighted by atomic mass is 35.5. The zero-order valence-electron chi connectivity index (χ0n) is 9.22. The van der Waals surface area contributed by atoms with Crippen LogP contribution in [0, 0.1) is 0 Å². The lowest BCUT2D eigenvalue weighted by molar-refractivity contribution is 0.184. The van der Waals surface area contributed by atoms with Crippen molar-refractivity contribution in [2.45, 2.75) is 13.2 Å². The molecule has 2 rings (SSSR count). The SMILES string of the molecule is COCc1cccc(OCc2nnsc2Cl)c1. The van der Waals surface area contributed by atoms with Gasteiger partial charge in [-0.2, -0.15) is 0 Å². The first-order valence-corrected chi connectivity index (χ1v) is 6.12. The Kier molecular flexibility index (Phi) is 4.30. The number of hydrogen-bond donors (Lipinski definition) is 0. The molecule has 0 unspecified atom stereocenters. The maximum atomic E-state index is 5.88. The molecular formula is C11H11ClN2O2S. The molecule has 1 heterocycles. The second-order valence-corrected chi connectivity index (χ2v) is 4.72. The molecule has 1 aromatic carbocycles. The minimum absolute atomic E-state index is 0.325. The zero-order valence-corrected chi connectivity index (χ0v) is 10.8. The molecule has 0 bridgehead atoms. The van der Waals surface area contributed by atoms with Gasteiger partial charge in [0.2, 0.25) is 0 Å². The van der Waals surface area contributed by atoms with Gasteiger partial charge in [-0.1, -0.05) is 28.2 Å². The van der Waals surface area contributed by atoms with Crippen molar-refractivity contribution in [2.24, 2.45) is 0 Å². The fourth-order valence-electron chi connectivity index (χ4n) is 1.33. The summed E-state index contributed by atoms with van der Waals surface area (Å²) in [5, 5.41) is 3.88. The maximum absolute atomic E-state index is 5.88. The van der Waals surface area contributed by atoms with Crippen LogP contribution in [0.3, 0.4) is 0 Å². The van der Waals surface area contributed by atoms with Gasteiger partial charge in [-0.15, -0.1) is 5.10 Å². The van der Waals surface area contributed by atoms with Crippen molar-refractivity contribution in [3.05, 3.63) is 39.9 Å². The summed E-state index contributed by atoms with van der Waals surface area (Å²) in [5.74, 6) is 0.767. The number of ether oxygens (including phenoxy) is 2. The van der Waals surface area contributed by atoms with Crippen LogP contribution < -0.4 is 4.74 Å². The standard InChI is InChI=1S/C11H11ClN2O2S/c1-15-6-8-3-2-4-9(5-8)16-7-10-11(12)17-14-13-10/h2-5H,6-7H2,1H3. The summed E-state index contributed by atoms with van der Waals surface area (Å²) in [4.78, 5) is 0. The fourth-order valence-corrected chi connectivity index (χ4v) is 1.93. The van der Waals surface area contributed by atoms with Gasteiger partial charge in [0.15, 0.2) is 0 Å². The van der Waals surface area contributed by atoms with Crippen molar-refractivity contribution in [2.75, 3.05) is 7.11 Å². The molecule has 0 radical (unpaired) electrons. The predicted molar refractivity (Wildman–Crippen MR) is 66.4 cm³/mol. The molecule has 0 fully saturated rings. The topological polar surface area (TPSA) is 44.2 Å². The third kappa shape index (κ3) is 3.39. The van der Waals surface area contributed by atoms with E-state index in [2.05, 4.69) is 9.59 Å². The van der Waals surface area contributed by atoms with Crippen LogP contribution in [-0.2, 0) is 18.0 Å². The molecule has 4 nitrogen and oxygen atoms in total. The smallest absolute Gasteiger partial charge is 0.141 e. The molecule has 0 aliphatic rings. The Bertz CT molecular complexity index is 490. The number of methoxy groups -OCH3 is 1. The summed E-state index contributed by atoms with van der Waals surface area (Å²) in [7, 11) is 1.66. The van der Waals surface area contributed by atoms with Crippen molar-refractivity contribution in [3.63, 3.8) is 0 Å². The van der Waals surface area contributed by atoms with Crippen LogP contribution in [0.2, 0.25) is 4.34 Å². The van der Waals surface area contributed by atoms with E-state index >= 15 is 0 Å². The third-order valence-electron chi connectivity index (χ3n) is 2.09. The van der Waals surface area contributed by atoms with Crippen LogP contribution in [0.1, 0.15) is 11.3 Å². The maximum Gasteiger partial charge on any atom is 0.141 e. The molecule has 0 aliphatic heterocycles. The minimum atomic E-state index is 0.325. The van der Waals surface area contributed by atoms with E-state index in [4.69, 9.17) is 21.1 Å². The Morgan fingerprint density at radius 1 is 1.35 bits per heavy atom. The average molecular weight is 271 g/mol. The van der Waals surface area contributed by atoms with Gasteiger partial charge in [0.1, 0.15) is 22.4 Å². The molecule has 0 spiro atoms. The third-order valence-corrected chi connectivity index (χ3v) is 3.08. The fraction of sp³-hybridized carbons (Fsp3) is 0.273. The molecule has 0 saturated heterocycles. The van der Waals surface area contributed by atoms with Crippen molar-refractivity contribution in [1.29, 1.82) is 0 Å². The quantitative estimate of drug-likeness (QED) is 0.838. The normalized spacial score (nSPS) is 10.5. The molecule has 0 amide bonds. The van der Waals surface area contributed by atoms with E-state index in [0.29, 0.717) is 23.2 Å². The number of nitrogens with zero attached hydrogens (tertiary/aromatic N) is 2. The monoisotopic (exact) mass is 270 g/mol. The van der Waals surface area contributed by atoms with Gasteiger partial charge in [0.05, 0.1) is 6.61 Å². The van der Waals surface area contributed by atoms with E-state index in [9.17, 15) is 0 Å². The molecule has 90 valence electrons. The highest BCUT2D eigenvalue weighted by Crippen LogP contribution is 2.20. The van der Waals surface area contributed by atoms with Gasteiger partial charge >= 0.3 is 0 Å². The van der Waals surface area contributed by atoms with Gasteiger partial charge in [0, 0.05) is 18.6 Å². The number of halogens is 1. The largest absolute Gasteiger partial charge is 0.487 e. The first kappa shape index (κ1) is 12.3. The molecule has 0 N–H and O–H groups in total. The van der Waals surface area contributed by atoms with Gasteiger partial charge in [-0.3, -0.25) is 0 Å². The Morgan fingerprint density at radius 3 is 2.94 bits per heavy atom. The lowest BCUT2D eigenvalue weighted by atomic mass is 10.2. The average Bonchev–Trinajstić information content (AvgIpc) is 2.73. The summed E-state index contributed by atoms with van der Waals surface area (Å²) in [5.41, 5.74) is 1.72. The van der Waals surface area contributed by atoms with Crippen molar-refractivity contribution < 1.29 is 9.47 Å². The lowest BCUT2D eigenvalue weighted by Gasteiger charge is -2.06. The van der Waals surface area contributed by atoms with Crippen LogP contribution in [-0.4, -0.2) is 16.7 Å². The Hall–Kier alpha value is -1.17. The van der Waals surface area contributed by atoms with Crippen LogP contribution in [0.25, 0.3) is 0 Å². The van der Waals surface area contributed by atoms with E-state index in [1.807, 2.05) is 24.3 Å². The lowest BCUT2D eigenvalue weighted by Crippen LogP contribution is -1.97. The van der Waals surface area contributed by atoms with Crippen molar-refractivity contribution in [3.8, 4) is 5.75 Å². The second kappa shape index (κ2) is 5.95. The van der Waals surface area contributed by atoms with E-state index in [1.165, 1.54) is 0 Å². The predicted octanol–water partition coefficient (Wildman–Crippen LogP) is 2.92. The van der Waals surface area contributed by atoms with E-state index in [0.717, 1.165) is 22.8 Å². The van der Waals surface area contributed by atoms with Gasteiger partial charge in [-0.05, 0) is 17.7 Å². The van der Waals surface area contributed by atoms with Crippen LogP contribution >= 0.6 is 23.1 Å². The summed E-state index contributed by atoms with van der Waals surface area (Å²) in [6, 6.07) is 7.71. The number of hydrogen-bond acceptors (Lipinski definition) is 5. The highest BCUT2D eigenvalue weighted by molar-refractivity contribution is 7.10. The molecule has 17 heavy (non-hydrogen) atoms. The highest BCUT2D eigenvalue weighted by Gasteiger charge is 2.06. The van der Waals surface area contributed by atoms with Crippen LogP contribution in [0.5, 0.6) is 5.75 Å². The van der Waals surface area contributed by atoms with Crippen LogP contribution in [0.15, 0.2) is 24.3 Å². The second-order valence-electron chi connectivity index (χ2n) is 3.36. The molecule has 0 saturated carbocycles. The van der Waals surface area contributed by atoms with Crippen molar-refractivity contribution >= 4 is 23.1 Å². The van der Waals surface area contributed by atoms with Gasteiger partial charge in [0.25, 0.3) is 0 Å². The molecule has 0 atom stereocenters. The number of rotatable bonds is 5. The van der Waals surface area contributed by atoms with E-state index in [-0.39, 0.29) is 0 Å². The van der Waals surface area contributed by atoms with Crippen molar-refractivity contribution in [1.82, 2.24) is 9.59 Å². The van der Waals surface area contributed by atoms with Gasteiger partial charge < -0.3 is 9.47 Å². The first-order valence-electron chi connectivity index (χ1n) is 4.97. The Labute approximate surface area is 108 Å². The molecule has 6 heteroatoms. The molecular weight excluding hydrogens is 260 g/mol. The summed E-state index contributed by atoms with van der Waals surface area (Å²) < 4.78 is 14.9. The Morgan fingerprint density at radius 2 is 2.24 bits per heavy atom. The molecule has 0 aliphatic carbocycles. The number of aromatic nitrogens is 2. The summed E-state index contributed by atoms with van der Waals surface area (Å²) in [6.45, 7) is 0.891. The minimum Gasteiger partial charge on any atom is -0.487 e. The molecule has 2 aromatic rings. The molecule has 1 aromatic heterocycles. The van der Waals surface area contributed by atoms with E-state index in [1.54, 1.807) is 7.11 Å². The summed E-state index contributed by atoms with van der Waals surface area (Å²) in [6.07, 6.45) is 0. The zero-order chi connectivity index (χ0) is 12.1. The van der Waals surface area contributed by atoms with E-state index < -0.39 is 0 Å². The Balaban J connectivity index is 1.99. The first-order chi connectivity index (χ1) is 8.29. The number of benzene rings is 1.